The van der Waals surface area contributed by atoms with Crippen LogP contribution in [0.25, 0.3) is 11.4 Å². The van der Waals surface area contributed by atoms with Gasteiger partial charge in [0.05, 0.1) is 14.2 Å². The summed E-state index contributed by atoms with van der Waals surface area (Å²) in [5.41, 5.74) is 1.60. The Bertz CT molecular complexity index is 1010. The second kappa shape index (κ2) is 10.0. The van der Waals surface area contributed by atoms with E-state index in [-0.39, 0.29) is 13.1 Å². The Hall–Kier alpha value is -3.95. The van der Waals surface area contributed by atoms with Crippen LogP contribution < -0.4 is 14.8 Å². The van der Waals surface area contributed by atoms with Crippen molar-refractivity contribution in [3.63, 3.8) is 0 Å². The lowest BCUT2D eigenvalue weighted by molar-refractivity contribution is -0.149. The first-order chi connectivity index (χ1) is 14.6. The second-order valence-electron chi connectivity index (χ2n) is 6.14. The molecule has 10 nitrogen and oxygen atoms in total. The Morgan fingerprint density at radius 2 is 1.80 bits per heavy atom. The highest BCUT2D eigenvalue weighted by Crippen LogP contribution is 2.27. The third-order valence-corrected chi connectivity index (χ3v) is 4.06. The van der Waals surface area contributed by atoms with E-state index in [9.17, 15) is 9.59 Å². The maximum Gasteiger partial charge on any atom is 0.330 e. The molecule has 1 heterocycles. The number of nitrogens with one attached hydrogen (secondary N) is 1. The van der Waals surface area contributed by atoms with Crippen molar-refractivity contribution < 1.29 is 23.8 Å². The normalized spacial score (nSPS) is 10.3. The molecule has 0 aliphatic carbocycles. The fraction of sp³-hybridized carbons (Fsp3) is 0.250. The van der Waals surface area contributed by atoms with E-state index in [1.807, 2.05) is 30.3 Å². The number of methoxy groups -OCH3 is 2. The fourth-order valence-electron chi connectivity index (χ4n) is 2.56. The summed E-state index contributed by atoms with van der Waals surface area (Å²) in [6, 6.07) is 14.6. The number of hydrogen-bond acceptors (Lipinski definition) is 8. The van der Waals surface area contributed by atoms with Gasteiger partial charge in [0.25, 0.3) is 5.91 Å². The minimum absolute atomic E-state index is 0.247. The molecule has 3 aromatic rings. The molecule has 0 spiro atoms. The maximum absolute atomic E-state index is 11.9. The molecule has 10 heteroatoms. The lowest BCUT2D eigenvalue weighted by Gasteiger charge is -2.10. The Balaban J connectivity index is 1.44. The molecule has 1 amide bonds. The highest BCUT2D eigenvalue weighted by atomic mass is 16.5. The Morgan fingerprint density at radius 3 is 2.53 bits per heavy atom. The number of rotatable bonds is 9. The Morgan fingerprint density at radius 1 is 1.03 bits per heavy atom. The van der Waals surface area contributed by atoms with Crippen LogP contribution in [0.3, 0.4) is 0 Å². The van der Waals surface area contributed by atoms with Gasteiger partial charge in [0.1, 0.15) is 0 Å². The van der Waals surface area contributed by atoms with Gasteiger partial charge in [-0.15, -0.1) is 10.2 Å². The van der Waals surface area contributed by atoms with Crippen molar-refractivity contribution in [2.45, 2.75) is 13.1 Å². The number of nitrogens with zero attached hydrogens (tertiary/aromatic N) is 4. The quantitative estimate of drug-likeness (QED) is 0.522. The third-order valence-electron chi connectivity index (χ3n) is 4.06. The van der Waals surface area contributed by atoms with E-state index in [1.54, 1.807) is 25.3 Å². The van der Waals surface area contributed by atoms with E-state index >= 15 is 0 Å². The van der Waals surface area contributed by atoms with Crippen LogP contribution in [0.2, 0.25) is 0 Å². The summed E-state index contributed by atoms with van der Waals surface area (Å²) in [6.07, 6.45) is 0. The first-order valence-electron chi connectivity index (χ1n) is 9.05. The zero-order chi connectivity index (χ0) is 21.3. The van der Waals surface area contributed by atoms with Crippen LogP contribution in [0, 0.1) is 0 Å². The minimum Gasteiger partial charge on any atom is -0.493 e. The summed E-state index contributed by atoms with van der Waals surface area (Å²) < 4.78 is 15.4. The number of aromatic nitrogens is 4. The highest BCUT2D eigenvalue weighted by molar-refractivity contribution is 5.80. The summed E-state index contributed by atoms with van der Waals surface area (Å²) in [5, 5.41) is 14.5. The molecule has 0 aliphatic rings. The molecule has 0 atom stereocenters. The van der Waals surface area contributed by atoms with Crippen LogP contribution in [-0.4, -0.2) is 52.9 Å². The third kappa shape index (κ3) is 5.53. The van der Waals surface area contributed by atoms with Crippen molar-refractivity contribution in [1.29, 1.82) is 0 Å². The summed E-state index contributed by atoms with van der Waals surface area (Å²) >= 11 is 0. The minimum atomic E-state index is -0.645. The van der Waals surface area contributed by atoms with Crippen LogP contribution in [0.1, 0.15) is 5.56 Å². The first-order valence-corrected chi connectivity index (χ1v) is 9.05. The standard InChI is InChI=1S/C20H21N5O5/c1-28-16-9-8-14(10-17(16)29-2)11-21-18(26)13-30-19(27)12-25-23-20(22-24-25)15-6-4-3-5-7-15/h3-10H,11-13H2,1-2H3,(H,21,26). The van der Waals surface area contributed by atoms with Gasteiger partial charge in [0.2, 0.25) is 5.82 Å². The van der Waals surface area contributed by atoms with Crippen LogP contribution in [0.4, 0.5) is 0 Å². The summed E-state index contributed by atoms with van der Waals surface area (Å²) in [7, 11) is 3.08. The van der Waals surface area contributed by atoms with E-state index in [4.69, 9.17) is 14.2 Å². The van der Waals surface area contributed by atoms with Gasteiger partial charge in [0, 0.05) is 12.1 Å². The van der Waals surface area contributed by atoms with Crippen LogP contribution >= 0.6 is 0 Å². The zero-order valence-corrected chi connectivity index (χ0v) is 16.6. The maximum atomic E-state index is 11.9. The number of esters is 1. The average molecular weight is 411 g/mol. The van der Waals surface area contributed by atoms with Crippen molar-refractivity contribution in [3.8, 4) is 22.9 Å². The lowest BCUT2D eigenvalue weighted by atomic mass is 10.2. The number of ether oxygens (including phenoxy) is 3. The number of amides is 1. The van der Waals surface area contributed by atoms with E-state index in [1.165, 1.54) is 7.11 Å². The molecule has 3 rings (SSSR count). The average Bonchev–Trinajstić information content (AvgIpc) is 3.25. The number of carbonyl (C=O) groups excluding carboxylic acids is 2. The van der Waals surface area contributed by atoms with E-state index < -0.39 is 18.5 Å². The molecule has 0 unspecified atom stereocenters. The molecular formula is C20H21N5O5. The molecule has 0 fully saturated rings. The van der Waals surface area contributed by atoms with Crippen molar-refractivity contribution >= 4 is 11.9 Å². The molecule has 1 aromatic heterocycles. The van der Waals surface area contributed by atoms with Crippen LogP contribution in [0.5, 0.6) is 11.5 Å². The van der Waals surface area contributed by atoms with Crippen molar-refractivity contribution in [3.05, 3.63) is 54.1 Å². The summed E-state index contributed by atoms with van der Waals surface area (Å²) in [6.45, 7) is -0.406. The fourth-order valence-corrected chi connectivity index (χ4v) is 2.56. The molecule has 0 aliphatic heterocycles. The lowest BCUT2D eigenvalue weighted by Crippen LogP contribution is -2.29. The van der Waals surface area contributed by atoms with Gasteiger partial charge in [-0.2, -0.15) is 4.80 Å². The monoisotopic (exact) mass is 411 g/mol. The van der Waals surface area contributed by atoms with E-state index in [2.05, 4.69) is 20.7 Å². The highest BCUT2D eigenvalue weighted by Gasteiger charge is 2.12. The molecule has 0 radical (unpaired) electrons. The van der Waals surface area contributed by atoms with Gasteiger partial charge in [0.15, 0.2) is 24.7 Å². The number of tetrazole rings is 1. The predicted molar refractivity (Wildman–Crippen MR) is 106 cm³/mol. The van der Waals surface area contributed by atoms with Crippen LogP contribution in [-0.2, 0) is 27.4 Å². The molecule has 0 saturated carbocycles. The SMILES string of the molecule is COc1ccc(CNC(=O)COC(=O)Cn2nnc(-c3ccccc3)n2)cc1OC. The number of hydrogen-bond donors (Lipinski definition) is 1. The Kier molecular flexibility index (Phi) is 6.93. The smallest absolute Gasteiger partial charge is 0.330 e. The summed E-state index contributed by atoms with van der Waals surface area (Å²) in [5.74, 6) is 0.475. The van der Waals surface area contributed by atoms with Gasteiger partial charge in [-0.25, -0.2) is 4.79 Å². The van der Waals surface area contributed by atoms with Crippen molar-refractivity contribution in [1.82, 2.24) is 25.5 Å². The Labute approximate surface area is 172 Å². The summed E-state index contributed by atoms with van der Waals surface area (Å²) in [4.78, 5) is 25.0. The molecular weight excluding hydrogens is 390 g/mol. The molecule has 156 valence electrons. The first kappa shape index (κ1) is 20.8. The number of carbonyl (C=O) groups is 2. The van der Waals surface area contributed by atoms with Gasteiger partial charge in [-0.1, -0.05) is 36.4 Å². The predicted octanol–water partition coefficient (Wildman–Crippen LogP) is 1.22. The molecule has 30 heavy (non-hydrogen) atoms. The van der Waals surface area contributed by atoms with Gasteiger partial charge >= 0.3 is 5.97 Å². The largest absolute Gasteiger partial charge is 0.493 e. The molecule has 2 aromatic carbocycles. The van der Waals surface area contributed by atoms with Crippen molar-refractivity contribution in [2.75, 3.05) is 20.8 Å². The molecule has 1 N–H and O–H groups in total. The molecule has 0 saturated heterocycles. The van der Waals surface area contributed by atoms with Gasteiger partial charge in [-0.3, -0.25) is 4.79 Å². The van der Waals surface area contributed by atoms with E-state index in [0.717, 1.165) is 15.9 Å². The second-order valence-corrected chi connectivity index (χ2v) is 6.14. The van der Waals surface area contributed by atoms with Gasteiger partial charge in [-0.05, 0) is 22.9 Å². The number of benzene rings is 2. The molecule has 0 bridgehead atoms. The van der Waals surface area contributed by atoms with Gasteiger partial charge < -0.3 is 19.5 Å². The topological polar surface area (TPSA) is 117 Å². The van der Waals surface area contributed by atoms with Crippen LogP contribution in [0.15, 0.2) is 48.5 Å². The zero-order valence-electron chi connectivity index (χ0n) is 16.6. The van der Waals surface area contributed by atoms with E-state index in [0.29, 0.717) is 17.3 Å². The van der Waals surface area contributed by atoms with Crippen molar-refractivity contribution in [2.24, 2.45) is 0 Å².